The summed E-state index contributed by atoms with van der Waals surface area (Å²) in [6.07, 6.45) is 2.01. The molecule has 34 heavy (non-hydrogen) atoms. The minimum atomic E-state index is -0.600. The number of imide groups is 1. The van der Waals surface area contributed by atoms with Crippen LogP contribution in [0.25, 0.3) is 16.8 Å². The second-order valence-electron chi connectivity index (χ2n) is 7.98. The first-order chi connectivity index (χ1) is 16.4. The Hall–Kier alpha value is -3.58. The normalized spacial score (nSPS) is 15.7. The van der Waals surface area contributed by atoms with Gasteiger partial charge in [0.05, 0.1) is 11.0 Å². The van der Waals surface area contributed by atoms with E-state index in [0.717, 1.165) is 33.0 Å². The summed E-state index contributed by atoms with van der Waals surface area (Å²) in [6, 6.07) is 21.6. The quantitative estimate of drug-likeness (QED) is 0.303. The zero-order valence-corrected chi connectivity index (χ0v) is 19.8. The molecule has 1 fully saturated rings. The van der Waals surface area contributed by atoms with E-state index in [9.17, 15) is 14.4 Å². The Morgan fingerprint density at radius 1 is 1.03 bits per heavy atom. The van der Waals surface area contributed by atoms with Crippen LogP contribution in [0.3, 0.4) is 0 Å². The Bertz CT molecular complexity index is 1270. The number of ether oxygens (including phenoxy) is 2. The summed E-state index contributed by atoms with van der Waals surface area (Å²) in [5.41, 5.74) is 1.70. The number of rotatable bonds is 8. The van der Waals surface area contributed by atoms with Gasteiger partial charge in [0.15, 0.2) is 0 Å². The monoisotopic (exact) mass is 475 g/mol. The topological polar surface area (TPSA) is 72.9 Å². The molecule has 7 heteroatoms. The fourth-order valence-electron chi connectivity index (χ4n) is 3.47. The summed E-state index contributed by atoms with van der Waals surface area (Å²) in [6.45, 7) is 3.62. The number of nitrogens with zero attached hydrogens (tertiary/aromatic N) is 1. The van der Waals surface area contributed by atoms with Gasteiger partial charge in [-0.25, -0.2) is 0 Å². The molecule has 174 valence electrons. The first-order valence-electron chi connectivity index (χ1n) is 11.1. The lowest BCUT2D eigenvalue weighted by atomic mass is 10.1. The molecule has 0 aliphatic carbocycles. The molecule has 0 unspecified atom stereocenters. The van der Waals surface area contributed by atoms with Crippen LogP contribution in [-0.2, 0) is 20.9 Å². The molecule has 1 saturated heterocycles. The smallest absolute Gasteiger partial charge is 0.326 e. The van der Waals surface area contributed by atoms with E-state index < -0.39 is 23.7 Å². The molecule has 6 nitrogen and oxygen atoms in total. The van der Waals surface area contributed by atoms with Crippen molar-refractivity contribution in [1.29, 1.82) is 0 Å². The molecular weight excluding hydrogens is 450 g/mol. The van der Waals surface area contributed by atoms with Crippen molar-refractivity contribution in [2.45, 2.75) is 33.0 Å². The van der Waals surface area contributed by atoms with Gasteiger partial charge >= 0.3 is 5.97 Å². The maximum absolute atomic E-state index is 12.8. The summed E-state index contributed by atoms with van der Waals surface area (Å²) in [5.74, 6) is -0.518. The minimum Gasteiger partial charge on any atom is -0.488 e. The molecule has 0 N–H and O–H groups in total. The molecule has 1 heterocycles. The minimum absolute atomic E-state index is 0.239. The summed E-state index contributed by atoms with van der Waals surface area (Å²) < 4.78 is 11.3. The molecule has 1 aliphatic rings. The number of carbonyl (C=O) groups excluding carboxylic acids is 3. The third kappa shape index (κ3) is 5.48. The second kappa shape index (κ2) is 10.6. The van der Waals surface area contributed by atoms with E-state index in [4.69, 9.17) is 9.47 Å². The van der Waals surface area contributed by atoms with E-state index in [0.29, 0.717) is 24.3 Å². The third-order valence-corrected chi connectivity index (χ3v) is 6.39. The highest BCUT2D eigenvalue weighted by Crippen LogP contribution is 2.34. The van der Waals surface area contributed by atoms with Crippen LogP contribution in [0.5, 0.6) is 5.75 Å². The van der Waals surface area contributed by atoms with Gasteiger partial charge in [-0.1, -0.05) is 61.5 Å². The van der Waals surface area contributed by atoms with E-state index in [1.807, 2.05) is 49.4 Å². The molecule has 0 bridgehead atoms. The summed E-state index contributed by atoms with van der Waals surface area (Å²) in [5, 5.41) is 1.81. The SMILES string of the molecule is CC[C@H](C)OC(=O)CN1C(=O)S/C(=C\c2ccccc2OCc2ccc3ccccc3c2)C1=O. The Morgan fingerprint density at radius 2 is 1.76 bits per heavy atom. The fourth-order valence-corrected chi connectivity index (χ4v) is 4.30. The molecule has 4 rings (SSSR count). The van der Waals surface area contributed by atoms with Crippen molar-refractivity contribution in [3.05, 3.63) is 82.8 Å². The number of fused-ring (bicyclic) bond motifs is 1. The highest BCUT2D eigenvalue weighted by Gasteiger charge is 2.37. The lowest BCUT2D eigenvalue weighted by molar-refractivity contribution is -0.150. The molecule has 0 spiro atoms. The van der Waals surface area contributed by atoms with Crippen molar-refractivity contribution < 1.29 is 23.9 Å². The fraction of sp³-hybridized carbons (Fsp3) is 0.222. The van der Waals surface area contributed by atoms with Crippen LogP contribution < -0.4 is 4.74 Å². The van der Waals surface area contributed by atoms with Crippen LogP contribution in [0, 0.1) is 0 Å². The first kappa shape index (κ1) is 23.6. The number of esters is 1. The third-order valence-electron chi connectivity index (χ3n) is 5.48. The van der Waals surface area contributed by atoms with Gasteiger partial charge in [0, 0.05) is 5.56 Å². The lowest BCUT2D eigenvalue weighted by Crippen LogP contribution is -2.35. The zero-order valence-electron chi connectivity index (χ0n) is 19.0. The molecule has 0 aromatic heterocycles. The Morgan fingerprint density at radius 3 is 2.56 bits per heavy atom. The van der Waals surface area contributed by atoms with E-state index in [1.165, 1.54) is 0 Å². The van der Waals surface area contributed by atoms with E-state index in [1.54, 1.807) is 13.0 Å². The Kier molecular flexibility index (Phi) is 7.33. The number of hydrogen-bond donors (Lipinski definition) is 0. The van der Waals surface area contributed by atoms with Crippen molar-refractivity contribution in [2.24, 2.45) is 0 Å². The second-order valence-corrected chi connectivity index (χ2v) is 8.98. The van der Waals surface area contributed by atoms with Crippen molar-refractivity contribution in [3.63, 3.8) is 0 Å². The van der Waals surface area contributed by atoms with Gasteiger partial charge in [-0.3, -0.25) is 19.3 Å². The van der Waals surface area contributed by atoms with Crippen LogP contribution in [0.2, 0.25) is 0 Å². The zero-order chi connectivity index (χ0) is 24.1. The number of benzene rings is 3. The maximum Gasteiger partial charge on any atom is 0.326 e. The van der Waals surface area contributed by atoms with Crippen LogP contribution in [0.1, 0.15) is 31.4 Å². The predicted molar refractivity (Wildman–Crippen MR) is 133 cm³/mol. The Balaban J connectivity index is 1.47. The average Bonchev–Trinajstić information content (AvgIpc) is 3.10. The molecule has 1 aliphatic heterocycles. The maximum atomic E-state index is 12.8. The van der Waals surface area contributed by atoms with Gasteiger partial charge in [-0.2, -0.15) is 0 Å². The molecule has 2 amide bonds. The summed E-state index contributed by atoms with van der Waals surface area (Å²) >= 11 is 0.803. The van der Waals surface area contributed by atoms with Crippen molar-refractivity contribution >= 4 is 45.7 Å². The van der Waals surface area contributed by atoms with Crippen LogP contribution in [-0.4, -0.2) is 34.7 Å². The van der Waals surface area contributed by atoms with Crippen LogP contribution >= 0.6 is 11.8 Å². The molecule has 0 radical (unpaired) electrons. The van der Waals surface area contributed by atoms with Gasteiger partial charge in [-0.05, 0) is 59.7 Å². The highest BCUT2D eigenvalue weighted by atomic mass is 32.2. The van der Waals surface area contributed by atoms with Gasteiger partial charge in [-0.15, -0.1) is 0 Å². The van der Waals surface area contributed by atoms with Gasteiger partial charge in [0.1, 0.15) is 18.9 Å². The standard InChI is InChI=1S/C27H25NO5S/c1-3-18(2)33-25(29)16-28-26(30)24(34-27(28)31)15-22-10-6-7-11-23(22)32-17-19-12-13-20-8-4-5-9-21(20)14-19/h4-15,18H,3,16-17H2,1-2H3/b24-15-/t18-/m0/s1. The molecule has 0 saturated carbocycles. The van der Waals surface area contributed by atoms with E-state index in [-0.39, 0.29) is 11.0 Å². The first-order valence-corrected chi connectivity index (χ1v) is 11.9. The number of thioether (sulfide) groups is 1. The lowest BCUT2D eigenvalue weighted by Gasteiger charge is -2.15. The van der Waals surface area contributed by atoms with Crippen molar-refractivity contribution in [3.8, 4) is 5.75 Å². The Labute approximate surface area is 202 Å². The summed E-state index contributed by atoms with van der Waals surface area (Å²) in [4.78, 5) is 38.4. The highest BCUT2D eigenvalue weighted by molar-refractivity contribution is 8.18. The number of carbonyl (C=O) groups is 3. The molecular formula is C27H25NO5S. The predicted octanol–water partition coefficient (Wildman–Crippen LogP) is 5.80. The van der Waals surface area contributed by atoms with Gasteiger partial charge in [0.25, 0.3) is 11.1 Å². The van der Waals surface area contributed by atoms with E-state index in [2.05, 4.69) is 24.3 Å². The van der Waals surface area contributed by atoms with Crippen LogP contribution in [0.15, 0.2) is 71.6 Å². The summed E-state index contributed by atoms with van der Waals surface area (Å²) in [7, 11) is 0. The van der Waals surface area contributed by atoms with Gasteiger partial charge < -0.3 is 9.47 Å². The average molecular weight is 476 g/mol. The van der Waals surface area contributed by atoms with E-state index >= 15 is 0 Å². The van der Waals surface area contributed by atoms with Crippen LogP contribution in [0.4, 0.5) is 4.79 Å². The molecule has 3 aromatic rings. The number of amides is 2. The molecule has 3 aromatic carbocycles. The number of hydrogen-bond acceptors (Lipinski definition) is 6. The van der Waals surface area contributed by atoms with Gasteiger partial charge in [0.2, 0.25) is 0 Å². The molecule has 1 atom stereocenters. The largest absolute Gasteiger partial charge is 0.488 e. The van der Waals surface area contributed by atoms with Crippen molar-refractivity contribution in [1.82, 2.24) is 4.90 Å². The number of para-hydroxylation sites is 1. The van der Waals surface area contributed by atoms with Crippen molar-refractivity contribution in [2.75, 3.05) is 6.54 Å².